The molecule has 0 saturated heterocycles. The van der Waals surface area contributed by atoms with Crippen molar-refractivity contribution in [2.75, 3.05) is 6.54 Å². The number of urea groups is 1. The van der Waals surface area contributed by atoms with Crippen LogP contribution in [-0.4, -0.2) is 46.5 Å². The Morgan fingerprint density at radius 1 is 1.37 bits per heavy atom. The first-order valence-electron chi connectivity index (χ1n) is 6.38. The smallest absolute Gasteiger partial charge is 0.318 e. The molecule has 1 rings (SSSR count). The SMILES string of the molecule is CC(C)N(CC(N)=O)C(=O)NC(CC(=O)O)C1CC1. The van der Waals surface area contributed by atoms with Crippen molar-refractivity contribution in [3.8, 4) is 0 Å². The van der Waals surface area contributed by atoms with E-state index in [2.05, 4.69) is 5.32 Å². The van der Waals surface area contributed by atoms with Crippen molar-refractivity contribution in [3.63, 3.8) is 0 Å². The summed E-state index contributed by atoms with van der Waals surface area (Å²) in [5, 5.41) is 11.5. The van der Waals surface area contributed by atoms with Crippen LogP contribution in [0.25, 0.3) is 0 Å². The molecule has 19 heavy (non-hydrogen) atoms. The fraction of sp³-hybridized carbons (Fsp3) is 0.750. The maximum Gasteiger partial charge on any atom is 0.318 e. The van der Waals surface area contributed by atoms with Gasteiger partial charge in [0.15, 0.2) is 0 Å². The molecule has 3 amide bonds. The van der Waals surface area contributed by atoms with E-state index in [1.807, 2.05) is 0 Å². The molecule has 0 aliphatic heterocycles. The van der Waals surface area contributed by atoms with Crippen LogP contribution in [0, 0.1) is 5.92 Å². The highest BCUT2D eigenvalue weighted by molar-refractivity contribution is 5.83. The van der Waals surface area contributed by atoms with Crippen molar-refractivity contribution in [3.05, 3.63) is 0 Å². The number of rotatable bonds is 7. The molecule has 0 radical (unpaired) electrons. The Hall–Kier alpha value is -1.79. The normalized spacial score (nSPS) is 15.9. The molecule has 1 unspecified atom stereocenters. The van der Waals surface area contributed by atoms with Gasteiger partial charge in [0.05, 0.1) is 6.42 Å². The van der Waals surface area contributed by atoms with Crippen LogP contribution >= 0.6 is 0 Å². The summed E-state index contributed by atoms with van der Waals surface area (Å²) < 4.78 is 0. The zero-order valence-corrected chi connectivity index (χ0v) is 11.3. The third-order valence-electron chi connectivity index (χ3n) is 3.10. The molecule has 0 aromatic rings. The van der Waals surface area contributed by atoms with E-state index in [1.165, 1.54) is 4.90 Å². The highest BCUT2D eigenvalue weighted by atomic mass is 16.4. The summed E-state index contributed by atoms with van der Waals surface area (Å²) in [6.07, 6.45) is 1.75. The topological polar surface area (TPSA) is 113 Å². The largest absolute Gasteiger partial charge is 0.481 e. The Bertz CT molecular complexity index is 366. The van der Waals surface area contributed by atoms with Crippen LogP contribution in [0.5, 0.6) is 0 Å². The van der Waals surface area contributed by atoms with Crippen LogP contribution < -0.4 is 11.1 Å². The maximum absolute atomic E-state index is 12.1. The van der Waals surface area contributed by atoms with Crippen molar-refractivity contribution in [1.29, 1.82) is 0 Å². The van der Waals surface area contributed by atoms with Gasteiger partial charge in [-0.25, -0.2) is 4.79 Å². The van der Waals surface area contributed by atoms with Crippen LogP contribution in [0.1, 0.15) is 33.1 Å². The van der Waals surface area contributed by atoms with E-state index >= 15 is 0 Å². The molecule has 108 valence electrons. The van der Waals surface area contributed by atoms with E-state index in [-0.39, 0.29) is 31.0 Å². The fourth-order valence-corrected chi connectivity index (χ4v) is 1.92. The summed E-state index contributed by atoms with van der Waals surface area (Å²) in [7, 11) is 0. The number of carbonyl (C=O) groups is 3. The van der Waals surface area contributed by atoms with Crippen molar-refractivity contribution >= 4 is 17.9 Å². The standard InChI is InChI=1S/C12H21N3O4/c1-7(2)15(6-10(13)16)12(19)14-9(5-11(17)18)8-3-4-8/h7-9H,3-6H2,1-2H3,(H2,13,16)(H,14,19)(H,17,18). The molecule has 7 heteroatoms. The molecular formula is C12H21N3O4. The van der Waals surface area contributed by atoms with Crippen LogP contribution in [0.2, 0.25) is 0 Å². The molecule has 1 saturated carbocycles. The number of carbonyl (C=O) groups excluding carboxylic acids is 2. The quantitative estimate of drug-likeness (QED) is 0.611. The van der Waals surface area contributed by atoms with Crippen LogP contribution in [0.4, 0.5) is 4.79 Å². The van der Waals surface area contributed by atoms with Gasteiger partial charge in [0.1, 0.15) is 6.54 Å². The lowest BCUT2D eigenvalue weighted by atomic mass is 10.1. The number of aliphatic carboxylic acids is 1. The Kier molecular flexibility index (Phi) is 5.14. The molecule has 1 atom stereocenters. The van der Waals surface area contributed by atoms with Gasteiger partial charge < -0.3 is 21.1 Å². The fourth-order valence-electron chi connectivity index (χ4n) is 1.92. The Balaban J connectivity index is 2.62. The van der Waals surface area contributed by atoms with E-state index in [0.29, 0.717) is 0 Å². The van der Waals surface area contributed by atoms with Gasteiger partial charge >= 0.3 is 12.0 Å². The van der Waals surface area contributed by atoms with Gasteiger partial charge in [-0.15, -0.1) is 0 Å². The average Bonchev–Trinajstić information content (AvgIpc) is 3.07. The van der Waals surface area contributed by atoms with Crippen molar-refractivity contribution in [2.24, 2.45) is 11.7 Å². The number of nitrogens with zero attached hydrogens (tertiary/aromatic N) is 1. The van der Waals surface area contributed by atoms with Crippen LogP contribution in [0.3, 0.4) is 0 Å². The number of amides is 3. The Morgan fingerprint density at radius 2 is 1.95 bits per heavy atom. The first-order valence-corrected chi connectivity index (χ1v) is 6.38. The van der Waals surface area contributed by atoms with Crippen LogP contribution in [0.15, 0.2) is 0 Å². The molecule has 0 aromatic heterocycles. The number of nitrogens with one attached hydrogen (secondary N) is 1. The Morgan fingerprint density at radius 3 is 2.32 bits per heavy atom. The molecule has 1 fully saturated rings. The van der Waals surface area contributed by atoms with Gasteiger partial charge in [-0.2, -0.15) is 0 Å². The van der Waals surface area contributed by atoms with E-state index in [0.717, 1.165) is 12.8 Å². The van der Waals surface area contributed by atoms with Crippen molar-refractivity contribution in [1.82, 2.24) is 10.2 Å². The van der Waals surface area contributed by atoms with Gasteiger partial charge in [-0.05, 0) is 32.6 Å². The summed E-state index contributed by atoms with van der Waals surface area (Å²) in [6, 6.07) is -0.997. The minimum Gasteiger partial charge on any atom is -0.481 e. The molecule has 0 aromatic carbocycles. The molecule has 1 aliphatic carbocycles. The highest BCUT2D eigenvalue weighted by Gasteiger charge is 2.35. The lowest BCUT2D eigenvalue weighted by Gasteiger charge is -2.28. The third-order valence-corrected chi connectivity index (χ3v) is 3.10. The van der Waals surface area contributed by atoms with Gasteiger partial charge in [0.25, 0.3) is 0 Å². The lowest BCUT2D eigenvalue weighted by molar-refractivity contribution is -0.137. The zero-order valence-electron chi connectivity index (χ0n) is 11.3. The second-order valence-corrected chi connectivity index (χ2v) is 5.18. The molecule has 1 aliphatic rings. The van der Waals surface area contributed by atoms with Crippen LogP contribution in [-0.2, 0) is 9.59 Å². The number of nitrogens with two attached hydrogens (primary N) is 1. The monoisotopic (exact) mass is 271 g/mol. The van der Waals surface area contributed by atoms with Gasteiger partial charge in [-0.1, -0.05) is 0 Å². The van der Waals surface area contributed by atoms with E-state index in [1.54, 1.807) is 13.8 Å². The predicted molar refractivity (Wildman–Crippen MR) is 68.3 cm³/mol. The van der Waals surface area contributed by atoms with Gasteiger partial charge in [-0.3, -0.25) is 9.59 Å². The molecule has 0 spiro atoms. The average molecular weight is 271 g/mol. The summed E-state index contributed by atoms with van der Waals surface area (Å²) in [4.78, 5) is 35.1. The lowest BCUT2D eigenvalue weighted by Crippen LogP contribution is -2.51. The second-order valence-electron chi connectivity index (χ2n) is 5.18. The van der Waals surface area contributed by atoms with Gasteiger partial charge in [0, 0.05) is 12.1 Å². The summed E-state index contributed by atoms with van der Waals surface area (Å²) in [6.45, 7) is 3.37. The van der Waals surface area contributed by atoms with Crippen molar-refractivity contribution < 1.29 is 19.5 Å². The maximum atomic E-state index is 12.1. The predicted octanol–water partition coefficient (Wildman–Crippen LogP) is 0.145. The van der Waals surface area contributed by atoms with E-state index in [4.69, 9.17) is 10.8 Å². The second kappa shape index (κ2) is 6.40. The molecule has 0 heterocycles. The Labute approximate surface area is 112 Å². The molecular weight excluding hydrogens is 250 g/mol. The number of primary amides is 1. The molecule has 0 bridgehead atoms. The summed E-state index contributed by atoms with van der Waals surface area (Å²) in [5.74, 6) is -1.31. The highest BCUT2D eigenvalue weighted by Crippen LogP contribution is 2.34. The van der Waals surface area contributed by atoms with E-state index < -0.39 is 17.9 Å². The number of carboxylic acid groups (broad SMARTS) is 1. The molecule has 7 nitrogen and oxygen atoms in total. The number of hydrogen-bond donors (Lipinski definition) is 3. The first kappa shape index (κ1) is 15.3. The summed E-state index contributed by atoms with van der Waals surface area (Å²) >= 11 is 0. The summed E-state index contributed by atoms with van der Waals surface area (Å²) in [5.41, 5.74) is 5.10. The minimum atomic E-state index is -0.941. The van der Waals surface area contributed by atoms with Crippen molar-refractivity contribution in [2.45, 2.75) is 45.2 Å². The van der Waals surface area contributed by atoms with E-state index in [9.17, 15) is 14.4 Å². The first-order chi connectivity index (χ1) is 8.81. The number of carboxylic acids is 1. The number of hydrogen-bond acceptors (Lipinski definition) is 3. The third kappa shape index (κ3) is 5.15. The van der Waals surface area contributed by atoms with Gasteiger partial charge in [0.2, 0.25) is 5.91 Å². The zero-order chi connectivity index (χ0) is 14.6. The molecule has 4 N–H and O–H groups in total. The minimum absolute atomic E-state index is 0.0983.